The summed E-state index contributed by atoms with van der Waals surface area (Å²) in [5, 5.41) is -3.66. The zero-order valence-electron chi connectivity index (χ0n) is 27.7. The average molecular weight is 773 g/mol. The summed E-state index contributed by atoms with van der Waals surface area (Å²) in [5.74, 6) is -0.995. The minimum absolute atomic E-state index is 0.0782. The van der Waals surface area contributed by atoms with Crippen molar-refractivity contribution in [2.45, 2.75) is 68.0 Å². The second kappa shape index (κ2) is 14.4. The largest absolute Gasteiger partial charge is 0.746 e. The van der Waals surface area contributed by atoms with E-state index in [4.69, 9.17) is 4.55 Å². The first kappa shape index (κ1) is 39.6. The van der Waals surface area contributed by atoms with Gasteiger partial charge in [0.05, 0.1) is 16.1 Å². The van der Waals surface area contributed by atoms with Crippen molar-refractivity contribution in [3.05, 3.63) is 89.5 Å². The fourth-order valence-electron chi connectivity index (χ4n) is 6.42. The number of fused-ring (bicyclic) bond motifs is 2. The summed E-state index contributed by atoms with van der Waals surface area (Å²) in [6.07, 6.45) is 8.07. The first-order valence-corrected chi connectivity index (χ1v) is 21.5. The van der Waals surface area contributed by atoms with E-state index in [2.05, 4.69) is 0 Å². The van der Waals surface area contributed by atoms with E-state index < -0.39 is 68.3 Å². The molecule has 50 heavy (non-hydrogen) atoms. The van der Waals surface area contributed by atoms with Crippen LogP contribution in [0.2, 0.25) is 0 Å². The summed E-state index contributed by atoms with van der Waals surface area (Å²) in [6, 6.07) is 10.4. The molecule has 0 saturated heterocycles. The summed E-state index contributed by atoms with van der Waals surface area (Å²) in [7, 11) is -18.7. The lowest BCUT2D eigenvalue weighted by Crippen LogP contribution is -2.50. The number of unbranched alkanes of at least 4 members (excludes halogenated alkanes) is 1. The lowest BCUT2D eigenvalue weighted by molar-refractivity contribution is -0.438. The molecule has 0 aliphatic carbocycles. The molecule has 2 atom stereocenters. The number of allylic oxidation sites excluding steroid dienone is 5. The van der Waals surface area contributed by atoms with E-state index in [1.807, 2.05) is 18.4 Å². The van der Waals surface area contributed by atoms with Crippen molar-refractivity contribution in [1.82, 2.24) is 0 Å². The van der Waals surface area contributed by atoms with Gasteiger partial charge in [-0.1, -0.05) is 56.4 Å². The Bertz CT molecular complexity index is 2220. The third kappa shape index (κ3) is 8.79. The van der Waals surface area contributed by atoms with Crippen molar-refractivity contribution in [3.8, 4) is 0 Å². The maximum atomic E-state index is 12.8. The van der Waals surface area contributed by atoms with E-state index >= 15 is 0 Å². The van der Waals surface area contributed by atoms with Crippen LogP contribution in [0.1, 0.15) is 51.7 Å². The molecule has 0 amide bonds. The molecule has 0 aromatic heterocycles. The third-order valence-electron chi connectivity index (χ3n) is 8.76. The normalized spacial score (nSPS) is 19.2. The first-order chi connectivity index (χ1) is 22.9. The van der Waals surface area contributed by atoms with Gasteiger partial charge in [0.2, 0.25) is 5.69 Å². The van der Waals surface area contributed by atoms with Crippen LogP contribution in [0.3, 0.4) is 0 Å². The maximum absolute atomic E-state index is 12.8. The molecule has 2 heterocycles. The molecule has 274 valence electrons. The quantitative estimate of drug-likeness (QED) is 0.108. The fourth-order valence-corrected chi connectivity index (χ4v) is 9.71. The SMILES string of the molecule is CC(C)C(=CC=CC=CC1=[N+](CCCCS(=O)(=O)O)c2ccc(S(=O)(=O)O)cc2C1(C)C)C(N1c2ccccc2CC1S(=O)(=O)O)S(=O)(=O)[O-]. The Morgan fingerprint density at radius 2 is 1.62 bits per heavy atom. The highest BCUT2D eigenvalue weighted by Crippen LogP contribution is 2.42. The van der Waals surface area contributed by atoms with Crippen LogP contribution < -0.4 is 4.90 Å². The minimum atomic E-state index is -5.22. The Labute approximate surface area is 293 Å². The smallest absolute Gasteiger partial charge is 0.294 e. The molecule has 2 aromatic carbocycles. The second-order valence-corrected chi connectivity index (χ2v) is 18.9. The highest BCUT2D eigenvalue weighted by Gasteiger charge is 2.46. The Balaban J connectivity index is 1.73. The second-order valence-electron chi connectivity index (χ2n) is 12.9. The first-order valence-electron chi connectivity index (χ1n) is 15.5. The number of nitrogens with zero attached hydrogens (tertiary/aromatic N) is 2. The number of para-hydroxylation sites is 1. The van der Waals surface area contributed by atoms with Crippen LogP contribution in [0.15, 0.2) is 83.3 Å². The number of anilines is 1. The topological polar surface area (TPSA) is 227 Å². The van der Waals surface area contributed by atoms with E-state index in [0.29, 0.717) is 35.5 Å². The van der Waals surface area contributed by atoms with Crippen LogP contribution in [0.25, 0.3) is 0 Å². The van der Waals surface area contributed by atoms with Crippen LogP contribution in [0, 0.1) is 5.92 Å². The van der Waals surface area contributed by atoms with Crippen molar-refractivity contribution in [2.75, 3.05) is 17.2 Å². The summed E-state index contributed by atoms with van der Waals surface area (Å²) in [5.41, 5.74) is 1.80. The van der Waals surface area contributed by atoms with Gasteiger partial charge in [0.25, 0.3) is 30.4 Å². The van der Waals surface area contributed by atoms with Gasteiger partial charge in [0.1, 0.15) is 22.0 Å². The van der Waals surface area contributed by atoms with Crippen LogP contribution in [0.4, 0.5) is 11.4 Å². The predicted molar refractivity (Wildman–Crippen MR) is 187 cm³/mol. The Morgan fingerprint density at radius 1 is 0.960 bits per heavy atom. The average Bonchev–Trinajstić information content (AvgIpc) is 3.45. The van der Waals surface area contributed by atoms with Crippen LogP contribution >= 0.6 is 0 Å². The van der Waals surface area contributed by atoms with Crippen molar-refractivity contribution >= 4 is 57.6 Å². The molecule has 2 aliphatic rings. The summed E-state index contributed by atoms with van der Waals surface area (Å²) in [6.45, 7) is 7.26. The molecular weight excluding hydrogens is 733 g/mol. The number of hydrogen-bond acceptors (Lipinski definition) is 10. The van der Waals surface area contributed by atoms with E-state index in [0.717, 1.165) is 4.90 Å². The van der Waals surface area contributed by atoms with Gasteiger partial charge in [-0.15, -0.1) is 0 Å². The van der Waals surface area contributed by atoms with Crippen molar-refractivity contribution < 1.29 is 56.5 Å². The molecule has 4 rings (SSSR count). The number of benzene rings is 2. The van der Waals surface area contributed by atoms with E-state index in [1.54, 1.807) is 50.3 Å². The van der Waals surface area contributed by atoms with Crippen LogP contribution in [-0.2, 0) is 52.3 Å². The number of rotatable bonds is 14. The van der Waals surface area contributed by atoms with Gasteiger partial charge in [-0.05, 0) is 55.5 Å². The molecule has 0 bridgehead atoms. The maximum Gasteiger partial charge on any atom is 0.294 e. The molecular formula is C32H40N2O12S4. The van der Waals surface area contributed by atoms with E-state index in [-0.39, 0.29) is 29.0 Å². The molecule has 18 heteroatoms. The van der Waals surface area contributed by atoms with Gasteiger partial charge >= 0.3 is 0 Å². The third-order valence-corrected chi connectivity index (χ3v) is 12.5. The Morgan fingerprint density at radius 3 is 2.20 bits per heavy atom. The highest BCUT2D eigenvalue weighted by atomic mass is 32.2. The lowest BCUT2D eigenvalue weighted by Gasteiger charge is -2.38. The van der Waals surface area contributed by atoms with Gasteiger partial charge in [-0.2, -0.15) is 29.8 Å². The minimum Gasteiger partial charge on any atom is -0.746 e. The standard InChI is InChI=1S/C32H40N2O12S4/c1-22(2)25(31(50(44,45)46)34-27-14-9-8-12-23(27)20-30(34)49(41,42)43)13-6-5-7-15-29-32(3,4)26-21-24(48(38,39)40)16-17-28(26)33(29)18-10-11-19-47(35,36)37/h5-9,12-17,21-22,30-31H,10-11,18-20H2,1-4H3,(H3-,35,36,37,38,39,40,41,42,43,44,45,46). The molecule has 0 fully saturated rings. The fraction of sp³-hybridized carbons (Fsp3) is 0.406. The molecule has 0 radical (unpaired) electrons. The predicted octanol–water partition coefficient (Wildman–Crippen LogP) is 3.82. The monoisotopic (exact) mass is 772 g/mol. The molecule has 2 aliphatic heterocycles. The van der Waals surface area contributed by atoms with Crippen LogP contribution in [-0.4, -0.2) is 85.2 Å². The summed E-state index contributed by atoms with van der Waals surface area (Å²) in [4.78, 5) is 0.643. The van der Waals surface area contributed by atoms with Crippen molar-refractivity contribution in [2.24, 2.45) is 5.92 Å². The van der Waals surface area contributed by atoms with Gasteiger partial charge in [-0.3, -0.25) is 13.7 Å². The molecule has 0 spiro atoms. The van der Waals surface area contributed by atoms with Crippen molar-refractivity contribution in [3.63, 3.8) is 0 Å². The summed E-state index contributed by atoms with van der Waals surface area (Å²) < 4.78 is 140. The van der Waals surface area contributed by atoms with Gasteiger partial charge in [-0.25, -0.2) is 8.42 Å². The zero-order valence-corrected chi connectivity index (χ0v) is 31.0. The lowest BCUT2D eigenvalue weighted by atomic mass is 9.81. The molecule has 14 nitrogen and oxygen atoms in total. The summed E-state index contributed by atoms with van der Waals surface area (Å²) >= 11 is 0. The Hall–Kier alpha value is -3.23. The molecule has 2 unspecified atom stereocenters. The van der Waals surface area contributed by atoms with Gasteiger partial charge < -0.3 is 9.45 Å². The van der Waals surface area contributed by atoms with Crippen molar-refractivity contribution in [1.29, 1.82) is 0 Å². The van der Waals surface area contributed by atoms with E-state index in [9.17, 15) is 47.3 Å². The Kier molecular flexibility index (Phi) is 11.4. The number of hydrogen-bond donors (Lipinski definition) is 3. The molecule has 2 aromatic rings. The van der Waals surface area contributed by atoms with Gasteiger partial charge in [0.15, 0.2) is 11.1 Å². The molecule has 0 saturated carbocycles. The van der Waals surface area contributed by atoms with E-state index in [1.165, 1.54) is 36.4 Å². The molecule has 3 N–H and O–H groups in total. The highest BCUT2D eigenvalue weighted by molar-refractivity contribution is 7.87. The zero-order chi connectivity index (χ0) is 37.4. The van der Waals surface area contributed by atoms with Crippen LogP contribution in [0.5, 0.6) is 0 Å². The van der Waals surface area contributed by atoms with Gasteiger partial charge in [0, 0.05) is 36.2 Å².